The number of likely N-dealkylation sites (tertiary alicyclic amines) is 2. The third-order valence-corrected chi connectivity index (χ3v) is 5.29. The van der Waals surface area contributed by atoms with Crippen molar-refractivity contribution in [2.75, 3.05) is 31.5 Å². The van der Waals surface area contributed by atoms with Crippen LogP contribution in [0.4, 0.5) is 5.82 Å². The molecule has 0 spiro atoms. The second kappa shape index (κ2) is 7.95. The number of hydrogen-bond acceptors (Lipinski definition) is 4. The Hall–Kier alpha value is -1.95. The van der Waals surface area contributed by atoms with Crippen molar-refractivity contribution in [1.29, 1.82) is 0 Å². The van der Waals surface area contributed by atoms with Crippen LogP contribution in [-0.2, 0) is 9.59 Å². The van der Waals surface area contributed by atoms with E-state index in [1.54, 1.807) is 0 Å². The lowest BCUT2D eigenvalue weighted by Gasteiger charge is -2.36. The molecular formula is C19H28N4O2. The van der Waals surface area contributed by atoms with E-state index in [-0.39, 0.29) is 23.8 Å². The fourth-order valence-corrected chi connectivity index (χ4v) is 3.77. The Morgan fingerprint density at radius 3 is 2.68 bits per heavy atom. The summed E-state index contributed by atoms with van der Waals surface area (Å²) in [6.45, 7) is 7.15. The Labute approximate surface area is 149 Å². The largest absolute Gasteiger partial charge is 0.341 e. The first-order valence-electron chi connectivity index (χ1n) is 9.32. The minimum Gasteiger partial charge on any atom is -0.341 e. The monoisotopic (exact) mass is 344 g/mol. The van der Waals surface area contributed by atoms with Gasteiger partial charge in [0.05, 0.1) is 12.0 Å². The topological polar surface area (TPSA) is 65.5 Å². The Morgan fingerprint density at radius 2 is 1.96 bits per heavy atom. The molecule has 2 saturated heterocycles. The molecule has 0 bridgehead atoms. The molecule has 1 aromatic heterocycles. The number of rotatable bonds is 4. The summed E-state index contributed by atoms with van der Waals surface area (Å²) < 4.78 is 0. The van der Waals surface area contributed by atoms with Gasteiger partial charge in [-0.25, -0.2) is 4.98 Å². The van der Waals surface area contributed by atoms with Gasteiger partial charge in [-0.3, -0.25) is 14.5 Å². The summed E-state index contributed by atoms with van der Waals surface area (Å²) in [4.78, 5) is 33.7. The molecule has 2 aliphatic heterocycles. The molecule has 2 aliphatic rings. The first-order valence-corrected chi connectivity index (χ1v) is 9.32. The number of aromatic nitrogens is 1. The number of carbonyl (C=O) groups excluding carboxylic acids is 2. The Balaban J connectivity index is 1.58. The van der Waals surface area contributed by atoms with Gasteiger partial charge < -0.3 is 10.2 Å². The number of carbonyl (C=O) groups is 2. The molecule has 3 rings (SSSR count). The van der Waals surface area contributed by atoms with Crippen LogP contribution in [0, 0.1) is 12.8 Å². The molecule has 2 atom stereocenters. The lowest BCUT2D eigenvalue weighted by molar-refractivity contribution is -0.137. The molecular weight excluding hydrogens is 316 g/mol. The Bertz CT molecular complexity index is 628. The fraction of sp³-hybridized carbons (Fsp3) is 0.632. The van der Waals surface area contributed by atoms with Crippen LogP contribution in [0.25, 0.3) is 0 Å². The predicted molar refractivity (Wildman–Crippen MR) is 97.2 cm³/mol. The van der Waals surface area contributed by atoms with E-state index in [1.165, 1.54) is 0 Å². The van der Waals surface area contributed by atoms with Gasteiger partial charge in [0.2, 0.25) is 11.8 Å². The number of aryl methyl sites for hydroxylation is 1. The van der Waals surface area contributed by atoms with Crippen molar-refractivity contribution in [3.63, 3.8) is 0 Å². The first kappa shape index (κ1) is 17.9. The third kappa shape index (κ3) is 4.37. The summed E-state index contributed by atoms with van der Waals surface area (Å²) in [5.74, 6) is 0.718. The highest BCUT2D eigenvalue weighted by Gasteiger charge is 2.33. The van der Waals surface area contributed by atoms with Crippen LogP contribution < -0.4 is 5.32 Å². The Kier molecular flexibility index (Phi) is 5.68. The summed E-state index contributed by atoms with van der Waals surface area (Å²) >= 11 is 0. The van der Waals surface area contributed by atoms with Gasteiger partial charge in [0.15, 0.2) is 0 Å². The van der Waals surface area contributed by atoms with Crippen LogP contribution >= 0.6 is 0 Å². The zero-order valence-corrected chi connectivity index (χ0v) is 15.2. The van der Waals surface area contributed by atoms with Crippen LogP contribution in [0.5, 0.6) is 0 Å². The fourth-order valence-electron chi connectivity index (χ4n) is 3.77. The number of pyridine rings is 1. The predicted octanol–water partition coefficient (Wildman–Crippen LogP) is 2.05. The number of piperidine rings is 1. The van der Waals surface area contributed by atoms with Crippen molar-refractivity contribution in [3.05, 3.63) is 23.9 Å². The van der Waals surface area contributed by atoms with E-state index >= 15 is 0 Å². The van der Waals surface area contributed by atoms with Crippen LogP contribution in [0.2, 0.25) is 0 Å². The second-order valence-electron chi connectivity index (χ2n) is 7.20. The van der Waals surface area contributed by atoms with Crippen molar-refractivity contribution in [1.82, 2.24) is 14.8 Å². The van der Waals surface area contributed by atoms with E-state index in [4.69, 9.17) is 0 Å². The summed E-state index contributed by atoms with van der Waals surface area (Å²) in [5.41, 5.74) is 0.882. The van der Waals surface area contributed by atoms with E-state index < -0.39 is 0 Å². The number of amides is 2. The van der Waals surface area contributed by atoms with E-state index in [1.807, 2.05) is 36.9 Å². The smallest absolute Gasteiger partial charge is 0.239 e. The van der Waals surface area contributed by atoms with Gasteiger partial charge >= 0.3 is 0 Å². The molecule has 2 fully saturated rings. The quantitative estimate of drug-likeness (QED) is 0.908. The van der Waals surface area contributed by atoms with Crippen molar-refractivity contribution in [2.24, 2.45) is 5.92 Å². The van der Waals surface area contributed by atoms with E-state index in [9.17, 15) is 9.59 Å². The lowest BCUT2D eigenvalue weighted by atomic mass is 9.95. The van der Waals surface area contributed by atoms with E-state index in [0.29, 0.717) is 12.4 Å². The second-order valence-corrected chi connectivity index (χ2v) is 7.20. The van der Waals surface area contributed by atoms with E-state index in [2.05, 4.69) is 15.2 Å². The van der Waals surface area contributed by atoms with Crippen LogP contribution in [0.15, 0.2) is 18.2 Å². The maximum atomic E-state index is 12.6. The summed E-state index contributed by atoms with van der Waals surface area (Å²) in [7, 11) is 0. The molecule has 0 aromatic carbocycles. The molecule has 3 heterocycles. The normalized spacial score (nSPS) is 22.6. The molecule has 0 saturated carbocycles. The summed E-state index contributed by atoms with van der Waals surface area (Å²) in [6.07, 6.45) is 4.01. The first-order chi connectivity index (χ1) is 12.0. The molecule has 0 unspecified atom stereocenters. The third-order valence-electron chi connectivity index (χ3n) is 5.29. The highest BCUT2D eigenvalue weighted by atomic mass is 16.2. The van der Waals surface area contributed by atoms with Crippen molar-refractivity contribution in [2.45, 2.75) is 45.6 Å². The number of nitrogens with zero attached hydrogens (tertiary/aromatic N) is 3. The molecule has 136 valence electrons. The van der Waals surface area contributed by atoms with Crippen LogP contribution in [0.1, 0.15) is 38.3 Å². The molecule has 6 heteroatoms. The highest BCUT2D eigenvalue weighted by Crippen LogP contribution is 2.22. The van der Waals surface area contributed by atoms with Crippen LogP contribution in [0.3, 0.4) is 0 Å². The average Bonchev–Trinajstić information content (AvgIpc) is 3.15. The SMILES string of the molecule is Cc1cccc(NC(=O)[C@H]2CCCN([C@@H](C)C(=O)N3CCCC3)C2)n1. The summed E-state index contributed by atoms with van der Waals surface area (Å²) in [5, 5.41) is 2.92. The standard InChI is InChI=1S/C19H28N4O2/c1-14-7-5-9-17(20-14)21-18(24)16-8-6-12-23(13-16)15(2)19(25)22-10-3-4-11-22/h5,7,9,15-16H,3-4,6,8,10-13H2,1-2H3,(H,20,21,24)/t15-,16-/m0/s1. The van der Waals surface area contributed by atoms with E-state index in [0.717, 1.165) is 51.0 Å². The Morgan fingerprint density at radius 1 is 1.20 bits per heavy atom. The lowest BCUT2D eigenvalue weighted by Crippen LogP contribution is -2.51. The molecule has 2 amide bonds. The maximum Gasteiger partial charge on any atom is 0.239 e. The molecule has 25 heavy (non-hydrogen) atoms. The maximum absolute atomic E-state index is 12.6. The zero-order valence-electron chi connectivity index (χ0n) is 15.2. The van der Waals surface area contributed by atoms with Gasteiger partial charge in [-0.15, -0.1) is 0 Å². The minimum absolute atomic E-state index is 0.00335. The molecule has 1 aromatic rings. The van der Waals surface area contributed by atoms with Crippen LogP contribution in [-0.4, -0.2) is 58.8 Å². The van der Waals surface area contributed by atoms with Gasteiger partial charge in [-0.2, -0.15) is 0 Å². The van der Waals surface area contributed by atoms with Gasteiger partial charge in [0.25, 0.3) is 0 Å². The highest BCUT2D eigenvalue weighted by molar-refractivity contribution is 5.92. The number of hydrogen-bond donors (Lipinski definition) is 1. The molecule has 0 radical (unpaired) electrons. The van der Waals surface area contributed by atoms with Gasteiger partial charge in [0.1, 0.15) is 5.82 Å². The summed E-state index contributed by atoms with van der Waals surface area (Å²) in [6, 6.07) is 5.46. The average molecular weight is 344 g/mol. The zero-order chi connectivity index (χ0) is 17.8. The minimum atomic E-state index is -0.147. The van der Waals surface area contributed by atoms with Gasteiger partial charge in [-0.05, 0) is 58.2 Å². The van der Waals surface area contributed by atoms with Gasteiger partial charge in [0, 0.05) is 25.3 Å². The number of nitrogens with one attached hydrogen (secondary N) is 1. The van der Waals surface area contributed by atoms with Crippen molar-refractivity contribution >= 4 is 17.6 Å². The number of anilines is 1. The van der Waals surface area contributed by atoms with Crippen molar-refractivity contribution in [3.8, 4) is 0 Å². The molecule has 6 nitrogen and oxygen atoms in total. The molecule has 0 aliphatic carbocycles. The molecule has 1 N–H and O–H groups in total. The van der Waals surface area contributed by atoms with Crippen molar-refractivity contribution < 1.29 is 9.59 Å². The van der Waals surface area contributed by atoms with Gasteiger partial charge in [-0.1, -0.05) is 6.07 Å².